The molecule has 1 aliphatic heterocycles. The molecule has 0 fully saturated rings. The maximum absolute atomic E-state index is 13.4. The summed E-state index contributed by atoms with van der Waals surface area (Å²) in [7, 11) is 2.87. The average Bonchev–Trinajstić information content (AvgIpc) is 3.42. The van der Waals surface area contributed by atoms with E-state index in [1.54, 1.807) is 43.5 Å². The zero-order valence-corrected chi connectivity index (χ0v) is 22.9. The Kier molecular flexibility index (Phi) is 10.1. The first-order valence-corrected chi connectivity index (χ1v) is 12.4. The van der Waals surface area contributed by atoms with Crippen LogP contribution >= 0.6 is 0 Å². The number of rotatable bonds is 8. The molecule has 3 aromatic carbocycles. The molecule has 5 N–H and O–H groups in total. The minimum Gasteiger partial charge on any atom is -0.542 e. The number of ether oxygens (including phenoxy) is 2. The van der Waals surface area contributed by atoms with E-state index in [-0.39, 0.29) is 18.7 Å². The molecular weight excluding hydrogens is 573 g/mol. The van der Waals surface area contributed by atoms with Crippen LogP contribution in [0.1, 0.15) is 24.0 Å². The number of aliphatic carboxylic acids is 1. The summed E-state index contributed by atoms with van der Waals surface area (Å²) in [6, 6.07) is 22.0. The van der Waals surface area contributed by atoms with Gasteiger partial charge < -0.3 is 29.5 Å². The molecule has 0 aliphatic carbocycles. The average molecular weight is 601 g/mol. The van der Waals surface area contributed by atoms with Gasteiger partial charge in [-0.25, -0.2) is 0 Å². The van der Waals surface area contributed by atoms with Crippen LogP contribution in [0.25, 0.3) is 11.1 Å². The first kappa shape index (κ1) is 32.1. The number of carboxylic acid groups (broad SMARTS) is 1. The van der Waals surface area contributed by atoms with Gasteiger partial charge in [0.2, 0.25) is 5.60 Å². The quantitative estimate of drug-likeness (QED) is 0.196. The SMILES string of the molecule is COC(=O)CC1(C(=O)Nc2ccc(-c3ccccc3OC)cc2)CC(c2cccc(C(N)=[NH2+])c2)=NO1.O=C([O-])C(F)(F)F. The first-order valence-electron chi connectivity index (χ1n) is 12.4. The van der Waals surface area contributed by atoms with Crippen molar-refractivity contribution >= 4 is 35.1 Å². The minimum absolute atomic E-state index is 0.0567. The molecule has 1 atom stereocenters. The van der Waals surface area contributed by atoms with Crippen molar-refractivity contribution in [3.05, 3.63) is 83.9 Å². The molecule has 14 heteroatoms. The van der Waals surface area contributed by atoms with Crippen LogP contribution in [0.4, 0.5) is 18.9 Å². The monoisotopic (exact) mass is 600 g/mol. The summed E-state index contributed by atoms with van der Waals surface area (Å²) < 4.78 is 41.8. The highest BCUT2D eigenvalue weighted by Crippen LogP contribution is 2.34. The summed E-state index contributed by atoms with van der Waals surface area (Å²) in [5.74, 6) is -3.22. The lowest BCUT2D eigenvalue weighted by molar-refractivity contribution is -0.344. The summed E-state index contributed by atoms with van der Waals surface area (Å²) in [5, 5.41) is 21.5. The lowest BCUT2D eigenvalue weighted by Gasteiger charge is -2.24. The van der Waals surface area contributed by atoms with Crippen molar-refractivity contribution in [1.29, 1.82) is 0 Å². The molecule has 43 heavy (non-hydrogen) atoms. The van der Waals surface area contributed by atoms with Crippen molar-refractivity contribution in [3.8, 4) is 16.9 Å². The molecule has 0 bridgehead atoms. The number of methoxy groups -OCH3 is 2. The van der Waals surface area contributed by atoms with E-state index in [1.807, 2.05) is 36.4 Å². The Morgan fingerprint density at radius 1 is 1.05 bits per heavy atom. The number of nitrogens with two attached hydrogens (primary N) is 2. The molecule has 0 aromatic heterocycles. The second-order valence-corrected chi connectivity index (χ2v) is 9.11. The lowest BCUT2D eigenvalue weighted by Crippen LogP contribution is -2.46. The van der Waals surface area contributed by atoms with Crippen molar-refractivity contribution in [3.63, 3.8) is 0 Å². The highest BCUT2D eigenvalue weighted by Gasteiger charge is 2.49. The number of benzene rings is 3. The molecule has 0 saturated carbocycles. The van der Waals surface area contributed by atoms with Crippen LogP contribution in [0.3, 0.4) is 0 Å². The number of nitrogens with one attached hydrogen (secondary N) is 1. The second kappa shape index (κ2) is 13.5. The predicted octanol–water partition coefficient (Wildman–Crippen LogP) is 1.19. The van der Waals surface area contributed by atoms with Gasteiger partial charge >= 0.3 is 12.1 Å². The van der Waals surface area contributed by atoms with Crippen LogP contribution in [0.15, 0.2) is 78.0 Å². The zero-order chi connectivity index (χ0) is 31.8. The Balaban J connectivity index is 0.000000646. The number of hydrogen-bond donors (Lipinski definition) is 3. The summed E-state index contributed by atoms with van der Waals surface area (Å²) in [5.41, 5.74) is 8.32. The third kappa shape index (κ3) is 8.09. The number of anilines is 1. The molecular formula is C29H27F3N4O7. The lowest BCUT2D eigenvalue weighted by atomic mass is 9.89. The van der Waals surface area contributed by atoms with Crippen LogP contribution in [0.5, 0.6) is 5.75 Å². The minimum atomic E-state index is -5.19. The molecule has 1 aliphatic rings. The molecule has 11 nitrogen and oxygen atoms in total. The van der Waals surface area contributed by atoms with E-state index in [4.69, 9.17) is 35.4 Å². The van der Waals surface area contributed by atoms with Crippen LogP contribution < -0.4 is 26.3 Å². The normalized spacial score (nSPS) is 15.6. The predicted molar refractivity (Wildman–Crippen MR) is 146 cm³/mol. The molecule has 1 unspecified atom stereocenters. The number of carboxylic acids is 1. The number of para-hydroxylation sites is 1. The van der Waals surface area contributed by atoms with E-state index in [0.29, 0.717) is 22.5 Å². The maximum Gasteiger partial charge on any atom is 0.430 e. The number of amidine groups is 1. The van der Waals surface area contributed by atoms with Crippen LogP contribution in [-0.4, -0.2) is 55.4 Å². The second-order valence-electron chi connectivity index (χ2n) is 9.11. The zero-order valence-electron chi connectivity index (χ0n) is 22.9. The number of carbonyl (C=O) groups excluding carboxylic acids is 3. The van der Waals surface area contributed by atoms with E-state index in [0.717, 1.165) is 16.9 Å². The molecule has 3 aromatic rings. The van der Waals surface area contributed by atoms with Gasteiger partial charge in [-0.3, -0.25) is 20.7 Å². The van der Waals surface area contributed by atoms with Gasteiger partial charge in [-0.05, 0) is 35.9 Å². The number of carbonyl (C=O) groups is 3. The van der Waals surface area contributed by atoms with E-state index >= 15 is 0 Å². The third-order valence-electron chi connectivity index (χ3n) is 6.18. The molecule has 4 rings (SSSR count). The fourth-order valence-corrected chi connectivity index (χ4v) is 3.97. The Labute approximate surface area is 243 Å². The highest BCUT2D eigenvalue weighted by atomic mass is 19.4. The van der Waals surface area contributed by atoms with E-state index in [2.05, 4.69) is 10.5 Å². The first-order chi connectivity index (χ1) is 20.3. The molecule has 0 saturated heterocycles. The number of hydrogen-bond acceptors (Lipinski definition) is 8. The molecule has 1 heterocycles. The van der Waals surface area contributed by atoms with Crippen molar-refractivity contribution in [2.75, 3.05) is 19.5 Å². The van der Waals surface area contributed by atoms with Crippen LogP contribution in [-0.2, 0) is 24.0 Å². The van der Waals surface area contributed by atoms with E-state index in [1.165, 1.54) is 7.11 Å². The summed E-state index contributed by atoms with van der Waals surface area (Å²) >= 11 is 0. The number of amides is 1. The number of esters is 1. The number of oxime groups is 1. The van der Waals surface area contributed by atoms with Gasteiger partial charge in [-0.15, -0.1) is 0 Å². The largest absolute Gasteiger partial charge is 0.542 e. The molecule has 226 valence electrons. The summed E-state index contributed by atoms with van der Waals surface area (Å²) in [6.07, 6.45) is -5.45. The third-order valence-corrected chi connectivity index (χ3v) is 6.18. The van der Waals surface area contributed by atoms with Crippen molar-refractivity contribution in [2.45, 2.75) is 24.6 Å². The van der Waals surface area contributed by atoms with Crippen molar-refractivity contribution in [2.24, 2.45) is 10.9 Å². The van der Waals surface area contributed by atoms with Gasteiger partial charge in [0.25, 0.3) is 11.7 Å². The molecule has 0 radical (unpaired) electrons. The molecule has 0 spiro atoms. The van der Waals surface area contributed by atoms with Gasteiger partial charge in [0.05, 0.1) is 31.9 Å². The van der Waals surface area contributed by atoms with E-state index < -0.39 is 29.6 Å². The maximum atomic E-state index is 13.4. The van der Waals surface area contributed by atoms with Gasteiger partial charge in [0, 0.05) is 23.2 Å². The number of alkyl halides is 3. The Morgan fingerprint density at radius 3 is 2.28 bits per heavy atom. The van der Waals surface area contributed by atoms with Crippen LogP contribution in [0.2, 0.25) is 0 Å². The topological polar surface area (TPSA) is 178 Å². The van der Waals surface area contributed by atoms with Gasteiger partial charge in [-0.1, -0.05) is 47.6 Å². The smallest absolute Gasteiger partial charge is 0.430 e. The van der Waals surface area contributed by atoms with Crippen molar-refractivity contribution < 1.29 is 52.4 Å². The van der Waals surface area contributed by atoms with Crippen LogP contribution in [0, 0.1) is 0 Å². The Hall–Kier alpha value is -5.40. The summed E-state index contributed by atoms with van der Waals surface area (Å²) in [6.45, 7) is 0. The van der Waals surface area contributed by atoms with Gasteiger partial charge in [-0.2, -0.15) is 13.2 Å². The van der Waals surface area contributed by atoms with Gasteiger partial charge in [0.15, 0.2) is 0 Å². The Bertz CT molecular complexity index is 1540. The van der Waals surface area contributed by atoms with Gasteiger partial charge in [0.1, 0.15) is 11.7 Å². The van der Waals surface area contributed by atoms with Crippen molar-refractivity contribution in [1.82, 2.24) is 0 Å². The number of halogens is 3. The molecule has 1 amide bonds. The fraction of sp³-hybridized carbons (Fsp3) is 0.207. The Morgan fingerprint density at radius 2 is 1.70 bits per heavy atom. The highest BCUT2D eigenvalue weighted by molar-refractivity contribution is 6.10. The fourth-order valence-electron chi connectivity index (χ4n) is 3.97. The summed E-state index contributed by atoms with van der Waals surface area (Å²) in [4.78, 5) is 40.0. The number of nitrogens with zero attached hydrogens (tertiary/aromatic N) is 1. The standard InChI is InChI=1S/C27H26N4O5.C2HF3O2/c1-34-23-9-4-3-8-21(23)17-10-12-20(13-11-17)30-26(33)27(16-24(32)35-2)15-22(31-36-27)18-6-5-7-19(14-18)25(28)29;3-2(4,5)1(6)7/h3-14H,15-16H2,1-2H3,(H3,28,29)(H,30,33);(H,6,7). The van der Waals surface area contributed by atoms with E-state index in [9.17, 15) is 22.8 Å².